The van der Waals surface area contributed by atoms with Gasteiger partial charge in [0.05, 0.1) is 0 Å². The number of piperazine rings is 1. The molecule has 0 atom stereocenters. The molecule has 1 aliphatic heterocycles. The van der Waals surface area contributed by atoms with Gasteiger partial charge in [-0.15, -0.1) is 11.3 Å². The number of carbonyl (C=O) groups excluding carboxylic acids is 2. The fourth-order valence-corrected chi connectivity index (χ4v) is 4.39. The van der Waals surface area contributed by atoms with E-state index in [1.54, 1.807) is 5.38 Å². The fraction of sp³-hybridized carbons (Fsp3) is 0.722. The molecule has 0 radical (unpaired) electrons. The fourth-order valence-electron chi connectivity index (χ4n) is 3.69. The van der Waals surface area contributed by atoms with E-state index in [1.807, 2.05) is 18.7 Å². The Balaban J connectivity index is 1.51. The molecule has 2 fully saturated rings. The molecule has 0 unspecified atom stereocenters. The smallest absolute Gasteiger partial charge is 0.273 e. The molecular weight excluding hydrogens is 336 g/mol. The predicted molar refractivity (Wildman–Crippen MR) is 99.9 cm³/mol. The molecule has 138 valence electrons. The lowest BCUT2D eigenvalue weighted by Gasteiger charge is -2.37. The minimum absolute atomic E-state index is 0.0216. The Hall–Kier alpha value is -1.47. The van der Waals surface area contributed by atoms with Gasteiger partial charge in [-0.3, -0.25) is 14.5 Å². The molecule has 25 heavy (non-hydrogen) atoms. The van der Waals surface area contributed by atoms with Crippen LogP contribution in [0.25, 0.3) is 0 Å². The van der Waals surface area contributed by atoms with E-state index in [0.717, 1.165) is 32.2 Å². The Morgan fingerprint density at radius 3 is 2.56 bits per heavy atom. The van der Waals surface area contributed by atoms with Crippen molar-refractivity contribution in [3.05, 3.63) is 11.1 Å². The van der Waals surface area contributed by atoms with Crippen molar-refractivity contribution in [3.63, 3.8) is 0 Å². The Kier molecular flexibility index (Phi) is 6.06. The third-order valence-corrected chi connectivity index (χ3v) is 5.76. The van der Waals surface area contributed by atoms with Crippen molar-refractivity contribution in [3.8, 4) is 0 Å². The van der Waals surface area contributed by atoms with E-state index in [-0.39, 0.29) is 11.8 Å². The lowest BCUT2D eigenvalue weighted by molar-refractivity contribution is -0.116. The van der Waals surface area contributed by atoms with Gasteiger partial charge in [0.25, 0.3) is 5.91 Å². The maximum atomic E-state index is 12.6. The second-order valence-electron chi connectivity index (χ2n) is 7.45. The van der Waals surface area contributed by atoms with Crippen molar-refractivity contribution in [2.45, 2.75) is 52.0 Å². The third-order valence-electron chi connectivity index (χ3n) is 5.01. The average Bonchev–Trinajstić information content (AvgIpc) is 3.25. The van der Waals surface area contributed by atoms with Crippen molar-refractivity contribution in [2.75, 3.05) is 31.5 Å². The zero-order chi connectivity index (χ0) is 17.8. The standard InChI is InChI=1S/C18H28N4O2S/c1-13(2)11-16(23)20-18-19-15(12-25-18)17(24)22-9-7-21(8-10-22)14-5-3-4-6-14/h12-14H,3-11H2,1-2H3,(H,19,20,23). The monoisotopic (exact) mass is 364 g/mol. The number of nitrogens with zero attached hydrogens (tertiary/aromatic N) is 3. The summed E-state index contributed by atoms with van der Waals surface area (Å²) in [7, 11) is 0. The van der Waals surface area contributed by atoms with Crippen LogP contribution in [0.15, 0.2) is 5.38 Å². The van der Waals surface area contributed by atoms with Gasteiger partial charge < -0.3 is 10.2 Å². The molecule has 2 amide bonds. The molecule has 6 nitrogen and oxygen atoms in total. The molecule has 7 heteroatoms. The van der Waals surface area contributed by atoms with E-state index in [4.69, 9.17) is 0 Å². The van der Waals surface area contributed by atoms with Gasteiger partial charge in [0.2, 0.25) is 5.91 Å². The van der Waals surface area contributed by atoms with Crippen LogP contribution in [-0.2, 0) is 4.79 Å². The number of aromatic nitrogens is 1. The molecular formula is C18H28N4O2S. The van der Waals surface area contributed by atoms with Crippen molar-refractivity contribution >= 4 is 28.3 Å². The third kappa shape index (κ3) is 4.79. The summed E-state index contributed by atoms with van der Waals surface area (Å²) in [6, 6.07) is 0.722. The highest BCUT2D eigenvalue weighted by atomic mass is 32.1. The quantitative estimate of drug-likeness (QED) is 0.872. The Morgan fingerprint density at radius 2 is 1.92 bits per heavy atom. The molecule has 0 spiro atoms. The zero-order valence-corrected chi connectivity index (χ0v) is 16.0. The molecule has 1 aliphatic carbocycles. The van der Waals surface area contributed by atoms with E-state index in [1.165, 1.54) is 37.0 Å². The highest BCUT2D eigenvalue weighted by molar-refractivity contribution is 7.14. The second-order valence-corrected chi connectivity index (χ2v) is 8.31. The van der Waals surface area contributed by atoms with E-state index >= 15 is 0 Å². The Bertz CT molecular complexity index is 602. The van der Waals surface area contributed by atoms with Gasteiger partial charge in [0.15, 0.2) is 5.13 Å². The van der Waals surface area contributed by atoms with Gasteiger partial charge in [0, 0.05) is 44.0 Å². The summed E-state index contributed by atoms with van der Waals surface area (Å²) < 4.78 is 0. The first-order chi connectivity index (χ1) is 12.0. The molecule has 1 aromatic rings. The second kappa shape index (κ2) is 8.27. The molecule has 1 N–H and O–H groups in total. The van der Waals surface area contributed by atoms with Crippen LogP contribution in [0, 0.1) is 5.92 Å². The van der Waals surface area contributed by atoms with Crippen LogP contribution in [0.3, 0.4) is 0 Å². The number of thiazole rings is 1. The van der Waals surface area contributed by atoms with E-state index in [0.29, 0.717) is 23.2 Å². The van der Waals surface area contributed by atoms with Crippen LogP contribution >= 0.6 is 11.3 Å². The molecule has 0 bridgehead atoms. The Morgan fingerprint density at radius 1 is 1.24 bits per heavy atom. The van der Waals surface area contributed by atoms with Crippen LogP contribution in [-0.4, -0.2) is 58.8 Å². The summed E-state index contributed by atoms with van der Waals surface area (Å²) in [6.07, 6.45) is 5.76. The number of carbonyl (C=O) groups is 2. The summed E-state index contributed by atoms with van der Waals surface area (Å²) in [5, 5.41) is 5.04. The Labute approximate surface area is 153 Å². The van der Waals surface area contributed by atoms with Crippen LogP contribution < -0.4 is 5.32 Å². The highest BCUT2D eigenvalue weighted by Crippen LogP contribution is 2.25. The first kappa shape index (κ1) is 18.3. The molecule has 0 aromatic carbocycles. The summed E-state index contributed by atoms with van der Waals surface area (Å²) in [4.78, 5) is 33.2. The topological polar surface area (TPSA) is 65.5 Å². The number of rotatable bonds is 5. The first-order valence-electron chi connectivity index (χ1n) is 9.31. The SMILES string of the molecule is CC(C)CC(=O)Nc1nc(C(=O)N2CCN(C3CCCC3)CC2)cs1. The molecule has 2 heterocycles. The van der Waals surface area contributed by atoms with Gasteiger partial charge in [-0.05, 0) is 18.8 Å². The van der Waals surface area contributed by atoms with Gasteiger partial charge in [-0.1, -0.05) is 26.7 Å². The highest BCUT2D eigenvalue weighted by Gasteiger charge is 2.29. The normalized spacial score (nSPS) is 19.6. The van der Waals surface area contributed by atoms with Crippen molar-refractivity contribution in [2.24, 2.45) is 5.92 Å². The minimum atomic E-state index is -0.0477. The van der Waals surface area contributed by atoms with E-state index in [2.05, 4.69) is 15.2 Å². The minimum Gasteiger partial charge on any atom is -0.335 e. The number of anilines is 1. The maximum Gasteiger partial charge on any atom is 0.273 e. The van der Waals surface area contributed by atoms with Crippen LogP contribution in [0.4, 0.5) is 5.13 Å². The van der Waals surface area contributed by atoms with Crippen molar-refractivity contribution in [1.29, 1.82) is 0 Å². The van der Waals surface area contributed by atoms with Gasteiger partial charge in [-0.2, -0.15) is 0 Å². The van der Waals surface area contributed by atoms with Crippen molar-refractivity contribution in [1.82, 2.24) is 14.8 Å². The summed E-state index contributed by atoms with van der Waals surface area (Å²) >= 11 is 1.32. The van der Waals surface area contributed by atoms with Crippen LogP contribution in [0.1, 0.15) is 56.4 Å². The maximum absolute atomic E-state index is 12.6. The zero-order valence-electron chi connectivity index (χ0n) is 15.2. The van der Waals surface area contributed by atoms with Crippen molar-refractivity contribution < 1.29 is 9.59 Å². The largest absolute Gasteiger partial charge is 0.335 e. The predicted octanol–water partition coefficient (Wildman–Crippen LogP) is 2.83. The average molecular weight is 365 g/mol. The van der Waals surface area contributed by atoms with E-state index in [9.17, 15) is 9.59 Å². The number of hydrogen-bond donors (Lipinski definition) is 1. The molecule has 3 rings (SSSR count). The van der Waals surface area contributed by atoms with Gasteiger partial charge in [-0.25, -0.2) is 4.98 Å². The lowest BCUT2D eigenvalue weighted by Crippen LogP contribution is -2.51. The lowest BCUT2D eigenvalue weighted by atomic mass is 10.1. The molecule has 1 saturated carbocycles. The molecule has 1 saturated heterocycles. The van der Waals surface area contributed by atoms with Crippen LogP contribution in [0.5, 0.6) is 0 Å². The number of nitrogens with one attached hydrogen (secondary N) is 1. The van der Waals surface area contributed by atoms with E-state index < -0.39 is 0 Å². The van der Waals surface area contributed by atoms with Gasteiger partial charge in [0.1, 0.15) is 5.69 Å². The first-order valence-corrected chi connectivity index (χ1v) is 10.2. The van der Waals surface area contributed by atoms with Crippen LogP contribution in [0.2, 0.25) is 0 Å². The molecule has 2 aliphatic rings. The summed E-state index contributed by atoms with van der Waals surface area (Å²) in [5.74, 6) is 0.234. The number of hydrogen-bond acceptors (Lipinski definition) is 5. The molecule has 1 aromatic heterocycles. The van der Waals surface area contributed by atoms with Gasteiger partial charge >= 0.3 is 0 Å². The summed E-state index contributed by atoms with van der Waals surface area (Å²) in [5.41, 5.74) is 0.444. The number of amides is 2. The summed E-state index contributed by atoms with van der Waals surface area (Å²) in [6.45, 7) is 7.45.